The summed E-state index contributed by atoms with van der Waals surface area (Å²) >= 11 is 2.02. The summed E-state index contributed by atoms with van der Waals surface area (Å²) in [5.41, 5.74) is 0. The zero-order chi connectivity index (χ0) is 12.3. The third kappa shape index (κ3) is 3.30. The molecule has 0 N–H and O–H groups in total. The second-order valence-corrected chi connectivity index (χ2v) is 6.71. The Morgan fingerprint density at radius 2 is 1.94 bits per heavy atom. The van der Waals surface area contributed by atoms with Crippen LogP contribution in [-0.4, -0.2) is 53.0 Å². The van der Waals surface area contributed by atoms with Crippen LogP contribution in [-0.2, 0) is 0 Å². The molecule has 1 atom stereocenters. The molecule has 0 bridgehead atoms. The van der Waals surface area contributed by atoms with Crippen LogP contribution in [0.15, 0.2) is 0 Å². The third-order valence-electron chi connectivity index (χ3n) is 3.92. The van der Waals surface area contributed by atoms with E-state index in [-0.39, 0.29) is 6.03 Å². The van der Waals surface area contributed by atoms with Crippen LogP contribution in [0.2, 0.25) is 0 Å². The fourth-order valence-corrected chi connectivity index (χ4v) is 3.72. The van der Waals surface area contributed by atoms with E-state index in [0.29, 0.717) is 5.25 Å². The van der Waals surface area contributed by atoms with Gasteiger partial charge in [0.25, 0.3) is 0 Å². The standard InChI is InChI=1S/C13H24N2OS/c1-3-12-10-15(8-9-17-12)13(16)14-6-4-11(2)5-7-14/h11-12H,3-10H2,1-2H3. The quantitative estimate of drug-likeness (QED) is 0.720. The smallest absolute Gasteiger partial charge is 0.320 e. The minimum atomic E-state index is 0.288. The van der Waals surface area contributed by atoms with Gasteiger partial charge in [0, 0.05) is 37.2 Å². The predicted molar refractivity (Wildman–Crippen MR) is 73.5 cm³/mol. The SMILES string of the molecule is CCC1CN(C(=O)N2CCC(C)CC2)CCS1. The fraction of sp³-hybridized carbons (Fsp3) is 0.923. The molecular weight excluding hydrogens is 232 g/mol. The van der Waals surface area contributed by atoms with Crippen LogP contribution in [0.1, 0.15) is 33.1 Å². The van der Waals surface area contributed by atoms with Crippen molar-refractivity contribution < 1.29 is 4.79 Å². The van der Waals surface area contributed by atoms with E-state index in [1.54, 1.807) is 0 Å². The maximum atomic E-state index is 12.4. The van der Waals surface area contributed by atoms with Gasteiger partial charge < -0.3 is 9.80 Å². The van der Waals surface area contributed by atoms with Crippen LogP contribution in [0.5, 0.6) is 0 Å². The van der Waals surface area contributed by atoms with E-state index >= 15 is 0 Å². The molecule has 1 unspecified atom stereocenters. The summed E-state index contributed by atoms with van der Waals surface area (Å²) in [5.74, 6) is 1.90. The van der Waals surface area contributed by atoms with Crippen molar-refractivity contribution in [3.8, 4) is 0 Å². The summed E-state index contributed by atoms with van der Waals surface area (Å²) in [6.07, 6.45) is 3.52. The first-order chi connectivity index (χ1) is 8.20. The van der Waals surface area contributed by atoms with E-state index in [1.165, 1.54) is 19.3 Å². The van der Waals surface area contributed by atoms with E-state index in [1.807, 2.05) is 11.8 Å². The molecule has 3 nitrogen and oxygen atoms in total. The minimum Gasteiger partial charge on any atom is -0.325 e. The number of thioether (sulfide) groups is 1. The Bertz CT molecular complexity index is 264. The summed E-state index contributed by atoms with van der Waals surface area (Å²) < 4.78 is 0. The Balaban J connectivity index is 1.86. The van der Waals surface area contributed by atoms with Crippen LogP contribution < -0.4 is 0 Å². The highest BCUT2D eigenvalue weighted by Gasteiger charge is 2.28. The number of urea groups is 1. The van der Waals surface area contributed by atoms with Gasteiger partial charge in [0.05, 0.1) is 0 Å². The first-order valence-electron chi connectivity index (χ1n) is 6.86. The molecule has 2 amide bonds. The Labute approximate surface area is 109 Å². The molecule has 0 spiro atoms. The molecule has 4 heteroatoms. The number of amides is 2. The number of rotatable bonds is 1. The zero-order valence-corrected chi connectivity index (χ0v) is 11.8. The van der Waals surface area contributed by atoms with Gasteiger partial charge in [-0.1, -0.05) is 13.8 Å². The predicted octanol–water partition coefficient (Wildman–Crippen LogP) is 2.67. The van der Waals surface area contributed by atoms with E-state index in [9.17, 15) is 4.79 Å². The minimum absolute atomic E-state index is 0.288. The highest BCUT2D eigenvalue weighted by Crippen LogP contribution is 2.23. The van der Waals surface area contributed by atoms with Gasteiger partial charge in [-0.05, 0) is 25.2 Å². The number of hydrogen-bond acceptors (Lipinski definition) is 2. The second-order valence-electron chi connectivity index (χ2n) is 5.30. The van der Waals surface area contributed by atoms with Crippen molar-refractivity contribution in [2.75, 3.05) is 31.9 Å². The normalized spacial score (nSPS) is 27.3. The topological polar surface area (TPSA) is 23.6 Å². The van der Waals surface area contributed by atoms with Crippen LogP contribution in [0, 0.1) is 5.92 Å². The molecule has 0 aliphatic carbocycles. The molecule has 0 aromatic heterocycles. The molecule has 2 aliphatic rings. The monoisotopic (exact) mass is 256 g/mol. The third-order valence-corrected chi connectivity index (χ3v) is 5.29. The Hall–Kier alpha value is -0.380. The lowest BCUT2D eigenvalue weighted by atomic mass is 9.99. The van der Waals surface area contributed by atoms with Gasteiger partial charge in [-0.15, -0.1) is 0 Å². The summed E-state index contributed by atoms with van der Waals surface area (Å²) in [6.45, 7) is 8.31. The van der Waals surface area contributed by atoms with Gasteiger partial charge in [0.1, 0.15) is 0 Å². The van der Waals surface area contributed by atoms with Crippen molar-refractivity contribution in [1.82, 2.24) is 9.80 Å². The number of carbonyl (C=O) groups is 1. The van der Waals surface area contributed by atoms with Crippen molar-refractivity contribution in [3.63, 3.8) is 0 Å². The van der Waals surface area contributed by atoms with Crippen LogP contribution >= 0.6 is 11.8 Å². The molecule has 0 aromatic rings. The zero-order valence-electron chi connectivity index (χ0n) is 11.0. The number of piperidine rings is 1. The van der Waals surface area contributed by atoms with E-state index in [0.717, 1.165) is 37.8 Å². The number of carbonyl (C=O) groups excluding carboxylic acids is 1. The first-order valence-corrected chi connectivity index (χ1v) is 7.91. The van der Waals surface area contributed by atoms with E-state index in [2.05, 4.69) is 23.6 Å². The van der Waals surface area contributed by atoms with Crippen molar-refractivity contribution >= 4 is 17.8 Å². The van der Waals surface area contributed by atoms with Gasteiger partial charge >= 0.3 is 6.03 Å². The molecular formula is C13H24N2OS. The highest BCUT2D eigenvalue weighted by atomic mass is 32.2. The van der Waals surface area contributed by atoms with Crippen molar-refractivity contribution in [2.24, 2.45) is 5.92 Å². The van der Waals surface area contributed by atoms with Crippen molar-refractivity contribution in [1.29, 1.82) is 0 Å². The van der Waals surface area contributed by atoms with Crippen LogP contribution in [0.25, 0.3) is 0 Å². The molecule has 0 aromatic carbocycles. The van der Waals surface area contributed by atoms with E-state index in [4.69, 9.17) is 0 Å². The molecule has 98 valence electrons. The van der Waals surface area contributed by atoms with Crippen LogP contribution in [0.3, 0.4) is 0 Å². The summed E-state index contributed by atoms with van der Waals surface area (Å²) in [4.78, 5) is 16.5. The molecule has 0 saturated carbocycles. The lowest BCUT2D eigenvalue weighted by molar-refractivity contribution is 0.135. The average Bonchev–Trinajstić information content (AvgIpc) is 2.39. The summed E-state index contributed by atoms with van der Waals surface area (Å²) in [7, 11) is 0. The molecule has 2 aliphatic heterocycles. The number of likely N-dealkylation sites (tertiary alicyclic amines) is 1. The van der Waals surface area contributed by atoms with Gasteiger partial charge in [-0.2, -0.15) is 11.8 Å². The Morgan fingerprint density at radius 1 is 1.24 bits per heavy atom. The molecule has 2 rings (SSSR count). The van der Waals surface area contributed by atoms with Gasteiger partial charge in [-0.25, -0.2) is 4.79 Å². The maximum absolute atomic E-state index is 12.4. The maximum Gasteiger partial charge on any atom is 0.320 e. The van der Waals surface area contributed by atoms with Gasteiger partial charge in [0.15, 0.2) is 0 Å². The largest absolute Gasteiger partial charge is 0.325 e. The molecule has 0 radical (unpaired) electrons. The molecule has 2 saturated heterocycles. The molecule has 2 fully saturated rings. The molecule has 2 heterocycles. The highest BCUT2D eigenvalue weighted by molar-refractivity contribution is 8.00. The summed E-state index contributed by atoms with van der Waals surface area (Å²) in [5, 5.41) is 0.649. The average molecular weight is 256 g/mol. The van der Waals surface area contributed by atoms with E-state index < -0.39 is 0 Å². The lowest BCUT2D eigenvalue weighted by Crippen LogP contribution is -2.50. The van der Waals surface area contributed by atoms with Crippen LogP contribution in [0.4, 0.5) is 4.79 Å². The number of nitrogens with zero attached hydrogens (tertiary/aromatic N) is 2. The summed E-state index contributed by atoms with van der Waals surface area (Å²) in [6, 6.07) is 0.288. The lowest BCUT2D eigenvalue weighted by Gasteiger charge is -2.38. The fourth-order valence-electron chi connectivity index (χ4n) is 2.54. The van der Waals surface area contributed by atoms with Crippen molar-refractivity contribution in [2.45, 2.75) is 38.4 Å². The Morgan fingerprint density at radius 3 is 2.59 bits per heavy atom. The van der Waals surface area contributed by atoms with Crippen molar-refractivity contribution in [3.05, 3.63) is 0 Å². The number of hydrogen-bond donors (Lipinski definition) is 0. The Kier molecular flexibility index (Phi) is 4.60. The second kappa shape index (κ2) is 5.98. The van der Waals surface area contributed by atoms with Gasteiger partial charge in [-0.3, -0.25) is 0 Å². The first kappa shape index (κ1) is 13.1. The molecule has 17 heavy (non-hydrogen) atoms. The van der Waals surface area contributed by atoms with Gasteiger partial charge in [0.2, 0.25) is 0 Å².